The van der Waals surface area contributed by atoms with Gasteiger partial charge >= 0.3 is 0 Å². The smallest absolute Gasteiger partial charge is 0.0964 e. The Kier molecular flexibility index (Phi) is 2.21. The third-order valence-corrected chi connectivity index (χ3v) is 5.27. The lowest BCUT2D eigenvalue weighted by atomic mass is 9.75. The molecule has 1 unspecified atom stereocenters. The Labute approximate surface area is 101 Å². The normalized spacial score (nSPS) is 29.8. The van der Waals surface area contributed by atoms with E-state index in [2.05, 4.69) is 19.2 Å². The van der Waals surface area contributed by atoms with Gasteiger partial charge in [-0.1, -0.05) is 13.8 Å². The second-order valence-electron chi connectivity index (χ2n) is 6.32. The van der Waals surface area contributed by atoms with E-state index in [9.17, 15) is 0 Å². The van der Waals surface area contributed by atoms with Gasteiger partial charge in [0.25, 0.3) is 0 Å². The molecule has 3 heteroatoms. The molecule has 0 bridgehead atoms. The van der Waals surface area contributed by atoms with Gasteiger partial charge in [-0.15, -0.1) is 11.3 Å². The summed E-state index contributed by atoms with van der Waals surface area (Å²) in [6, 6.07) is 0. The summed E-state index contributed by atoms with van der Waals surface area (Å²) in [5, 5.41) is 3.55. The second-order valence-corrected chi connectivity index (χ2v) is 7.20. The Bertz CT molecular complexity index is 404. The number of rotatable bonds is 3. The highest BCUT2D eigenvalue weighted by Gasteiger charge is 2.48. The van der Waals surface area contributed by atoms with E-state index >= 15 is 0 Å². The maximum Gasteiger partial charge on any atom is 0.0964 e. The van der Waals surface area contributed by atoms with Crippen molar-refractivity contribution in [1.82, 2.24) is 4.98 Å². The van der Waals surface area contributed by atoms with E-state index in [-0.39, 0.29) is 5.54 Å². The molecule has 1 atom stereocenters. The average molecular weight is 236 g/mol. The zero-order valence-corrected chi connectivity index (χ0v) is 10.9. The van der Waals surface area contributed by atoms with Gasteiger partial charge in [0.1, 0.15) is 0 Å². The second kappa shape index (κ2) is 3.30. The lowest BCUT2D eigenvalue weighted by Crippen LogP contribution is -2.48. The molecule has 2 fully saturated rings. The van der Waals surface area contributed by atoms with E-state index in [1.165, 1.54) is 36.4 Å². The molecule has 16 heavy (non-hydrogen) atoms. The molecule has 0 aliphatic heterocycles. The van der Waals surface area contributed by atoms with Crippen LogP contribution in [0.4, 0.5) is 0 Å². The molecule has 1 heterocycles. The minimum absolute atomic E-state index is 0.0738. The molecule has 0 saturated heterocycles. The first-order valence-electron chi connectivity index (χ1n) is 6.22. The highest BCUT2D eigenvalue weighted by atomic mass is 32.1. The van der Waals surface area contributed by atoms with E-state index in [1.807, 2.05) is 11.3 Å². The fourth-order valence-electron chi connectivity index (χ4n) is 2.62. The van der Waals surface area contributed by atoms with Crippen LogP contribution in [0.3, 0.4) is 0 Å². The Morgan fingerprint density at radius 2 is 2.19 bits per heavy atom. The van der Waals surface area contributed by atoms with Crippen LogP contribution in [0.25, 0.3) is 0 Å². The zero-order chi connectivity index (χ0) is 11.4. The summed E-state index contributed by atoms with van der Waals surface area (Å²) in [6.07, 6.45) is 5.93. The standard InChI is InChI=1S/C13H20N2S/c1-12(2)7-10(12)11-15-9(8-16-11)6-13(14)4-3-5-13/h8,10H,3-7,14H2,1-2H3. The van der Waals surface area contributed by atoms with Crippen LogP contribution < -0.4 is 5.73 Å². The molecule has 0 radical (unpaired) electrons. The molecule has 2 saturated carbocycles. The Hall–Kier alpha value is -0.410. The molecule has 0 aromatic carbocycles. The first-order chi connectivity index (χ1) is 7.49. The Morgan fingerprint density at radius 3 is 2.69 bits per heavy atom. The maximum absolute atomic E-state index is 6.25. The Morgan fingerprint density at radius 1 is 1.50 bits per heavy atom. The quantitative estimate of drug-likeness (QED) is 0.876. The van der Waals surface area contributed by atoms with Crippen LogP contribution >= 0.6 is 11.3 Å². The molecule has 2 N–H and O–H groups in total. The minimum atomic E-state index is 0.0738. The molecule has 2 aliphatic rings. The summed E-state index contributed by atoms with van der Waals surface area (Å²) < 4.78 is 0. The highest BCUT2D eigenvalue weighted by Crippen LogP contribution is 2.59. The van der Waals surface area contributed by atoms with Crippen LogP contribution in [-0.4, -0.2) is 10.5 Å². The van der Waals surface area contributed by atoms with E-state index in [4.69, 9.17) is 10.7 Å². The summed E-state index contributed by atoms with van der Waals surface area (Å²) in [7, 11) is 0. The summed E-state index contributed by atoms with van der Waals surface area (Å²) in [4.78, 5) is 4.77. The number of hydrogen-bond acceptors (Lipinski definition) is 3. The van der Waals surface area contributed by atoms with Crippen molar-refractivity contribution >= 4 is 11.3 Å². The largest absolute Gasteiger partial charge is 0.325 e. The fourth-order valence-corrected chi connectivity index (χ4v) is 3.75. The SMILES string of the molecule is CC1(C)CC1c1nc(CC2(N)CCC2)cs1. The van der Waals surface area contributed by atoms with Crippen LogP contribution in [0.1, 0.15) is 56.2 Å². The molecular weight excluding hydrogens is 216 g/mol. The molecule has 3 rings (SSSR count). The van der Waals surface area contributed by atoms with Crippen molar-refractivity contribution in [3.63, 3.8) is 0 Å². The van der Waals surface area contributed by atoms with Gasteiger partial charge in [0.05, 0.1) is 10.7 Å². The molecule has 2 aliphatic carbocycles. The summed E-state index contributed by atoms with van der Waals surface area (Å²) in [5.74, 6) is 0.710. The van der Waals surface area contributed by atoms with E-state index in [0.717, 1.165) is 6.42 Å². The number of hydrogen-bond donors (Lipinski definition) is 1. The number of thiazole rings is 1. The fraction of sp³-hybridized carbons (Fsp3) is 0.769. The van der Waals surface area contributed by atoms with Crippen LogP contribution in [0.2, 0.25) is 0 Å². The van der Waals surface area contributed by atoms with Crippen molar-refractivity contribution in [2.24, 2.45) is 11.1 Å². The van der Waals surface area contributed by atoms with Gasteiger partial charge < -0.3 is 5.73 Å². The van der Waals surface area contributed by atoms with E-state index in [0.29, 0.717) is 11.3 Å². The number of nitrogens with zero attached hydrogens (tertiary/aromatic N) is 1. The van der Waals surface area contributed by atoms with Gasteiger partial charge in [-0.3, -0.25) is 0 Å². The van der Waals surface area contributed by atoms with Crippen molar-refractivity contribution < 1.29 is 0 Å². The highest BCUT2D eigenvalue weighted by molar-refractivity contribution is 7.09. The first kappa shape index (κ1) is 10.7. The van der Waals surface area contributed by atoms with Gasteiger partial charge in [-0.25, -0.2) is 4.98 Å². The molecule has 0 spiro atoms. The predicted molar refractivity (Wildman–Crippen MR) is 67.7 cm³/mol. The lowest BCUT2D eigenvalue weighted by molar-refractivity contribution is 0.246. The molecule has 1 aromatic heterocycles. The van der Waals surface area contributed by atoms with Crippen molar-refractivity contribution in [3.8, 4) is 0 Å². The monoisotopic (exact) mass is 236 g/mol. The Balaban J connectivity index is 1.69. The summed E-state index contributed by atoms with van der Waals surface area (Å²) in [5.41, 5.74) is 8.05. The maximum atomic E-state index is 6.25. The number of nitrogens with two attached hydrogens (primary N) is 1. The van der Waals surface area contributed by atoms with Crippen molar-refractivity contribution in [3.05, 3.63) is 16.1 Å². The van der Waals surface area contributed by atoms with E-state index in [1.54, 1.807) is 0 Å². The van der Waals surface area contributed by atoms with Crippen LogP contribution in [0.5, 0.6) is 0 Å². The molecule has 0 amide bonds. The predicted octanol–water partition coefficient (Wildman–Crippen LogP) is 3.08. The van der Waals surface area contributed by atoms with Crippen LogP contribution in [-0.2, 0) is 6.42 Å². The topological polar surface area (TPSA) is 38.9 Å². The van der Waals surface area contributed by atoms with Crippen LogP contribution in [0.15, 0.2) is 5.38 Å². The van der Waals surface area contributed by atoms with Crippen molar-refractivity contribution in [1.29, 1.82) is 0 Å². The first-order valence-corrected chi connectivity index (χ1v) is 7.10. The van der Waals surface area contributed by atoms with Crippen LogP contribution in [0, 0.1) is 5.41 Å². The minimum Gasteiger partial charge on any atom is -0.325 e. The van der Waals surface area contributed by atoms with Gasteiger partial charge in [0, 0.05) is 23.3 Å². The van der Waals surface area contributed by atoms with Gasteiger partial charge in [0.2, 0.25) is 0 Å². The van der Waals surface area contributed by atoms with Crippen molar-refractivity contribution in [2.75, 3.05) is 0 Å². The zero-order valence-electron chi connectivity index (χ0n) is 10.1. The van der Waals surface area contributed by atoms with Crippen molar-refractivity contribution in [2.45, 2.75) is 57.4 Å². The summed E-state index contributed by atoms with van der Waals surface area (Å²) in [6.45, 7) is 4.66. The summed E-state index contributed by atoms with van der Waals surface area (Å²) >= 11 is 1.83. The van der Waals surface area contributed by atoms with Gasteiger partial charge in [0.15, 0.2) is 0 Å². The van der Waals surface area contributed by atoms with Gasteiger partial charge in [-0.05, 0) is 31.1 Å². The van der Waals surface area contributed by atoms with E-state index < -0.39 is 0 Å². The molecule has 88 valence electrons. The average Bonchev–Trinajstić information content (AvgIpc) is 2.59. The molecule has 2 nitrogen and oxygen atoms in total. The molecular formula is C13H20N2S. The lowest BCUT2D eigenvalue weighted by Gasteiger charge is -2.37. The molecule has 1 aromatic rings. The third kappa shape index (κ3) is 1.80. The third-order valence-electron chi connectivity index (χ3n) is 4.26. The van der Waals surface area contributed by atoms with Gasteiger partial charge in [-0.2, -0.15) is 0 Å². The number of aromatic nitrogens is 1.